The Morgan fingerprint density at radius 3 is 2.87 bits per heavy atom. The topological polar surface area (TPSA) is 50.5 Å². The van der Waals surface area contributed by atoms with Gasteiger partial charge in [0.2, 0.25) is 0 Å². The van der Waals surface area contributed by atoms with Crippen LogP contribution in [0.5, 0.6) is 0 Å². The molecule has 0 fully saturated rings. The molecule has 0 aliphatic carbocycles. The summed E-state index contributed by atoms with van der Waals surface area (Å²) < 4.78 is 3.02. The molecule has 6 heteroatoms. The van der Waals surface area contributed by atoms with Gasteiger partial charge in [-0.05, 0) is 29.7 Å². The van der Waals surface area contributed by atoms with E-state index in [4.69, 9.17) is 0 Å². The lowest BCUT2D eigenvalue weighted by Crippen LogP contribution is -2.26. The number of aromatic nitrogens is 3. The number of amides is 1. The maximum Gasteiger partial charge on any atom is 0.264 e. The summed E-state index contributed by atoms with van der Waals surface area (Å²) in [6.45, 7) is 0.415. The number of benzene rings is 1. The lowest BCUT2D eigenvalue weighted by atomic mass is 10.2. The molecule has 0 saturated carbocycles. The Balaban J connectivity index is 1.60. The van der Waals surface area contributed by atoms with E-state index in [9.17, 15) is 4.79 Å². The average molecular weight is 322 g/mol. The predicted octanol–water partition coefficient (Wildman–Crippen LogP) is 3.22. The van der Waals surface area contributed by atoms with Gasteiger partial charge in [-0.25, -0.2) is 0 Å². The van der Waals surface area contributed by atoms with Crippen LogP contribution in [0.1, 0.15) is 15.5 Å². The van der Waals surface area contributed by atoms with Gasteiger partial charge in [0.1, 0.15) is 0 Å². The van der Waals surface area contributed by atoms with Gasteiger partial charge in [0.15, 0.2) is 11.5 Å². The number of fused-ring (bicyclic) bond motifs is 2. The second kappa shape index (κ2) is 5.48. The molecule has 0 aliphatic rings. The number of rotatable bonds is 3. The van der Waals surface area contributed by atoms with Crippen LogP contribution in [0.3, 0.4) is 0 Å². The smallest absolute Gasteiger partial charge is 0.264 e. The zero-order valence-corrected chi connectivity index (χ0v) is 13.3. The van der Waals surface area contributed by atoms with Gasteiger partial charge in [-0.3, -0.25) is 9.20 Å². The van der Waals surface area contributed by atoms with Crippen molar-refractivity contribution in [3.63, 3.8) is 0 Å². The van der Waals surface area contributed by atoms with Crippen molar-refractivity contribution in [2.24, 2.45) is 0 Å². The van der Waals surface area contributed by atoms with Crippen LogP contribution in [0.2, 0.25) is 0 Å². The van der Waals surface area contributed by atoms with E-state index < -0.39 is 0 Å². The molecule has 4 rings (SSSR count). The number of thiophene rings is 1. The predicted molar refractivity (Wildman–Crippen MR) is 90.6 cm³/mol. The molecule has 23 heavy (non-hydrogen) atoms. The molecular formula is C17H14N4OS. The van der Waals surface area contributed by atoms with Crippen molar-refractivity contribution in [2.45, 2.75) is 6.54 Å². The van der Waals surface area contributed by atoms with Gasteiger partial charge in [0, 0.05) is 17.9 Å². The van der Waals surface area contributed by atoms with Crippen LogP contribution in [0.25, 0.3) is 15.7 Å². The van der Waals surface area contributed by atoms with E-state index in [0.29, 0.717) is 6.54 Å². The van der Waals surface area contributed by atoms with Crippen molar-refractivity contribution in [1.29, 1.82) is 0 Å². The summed E-state index contributed by atoms with van der Waals surface area (Å²) in [5.74, 6) is 0.747. The number of hydrogen-bond donors (Lipinski definition) is 0. The molecule has 4 aromatic rings. The van der Waals surface area contributed by atoms with Gasteiger partial charge >= 0.3 is 0 Å². The SMILES string of the molecule is CN(Cc1nnc2ccccn12)C(=O)c1cc2ccccc2s1. The van der Waals surface area contributed by atoms with Crippen LogP contribution >= 0.6 is 11.3 Å². The minimum atomic E-state index is -0.00104. The van der Waals surface area contributed by atoms with Gasteiger partial charge < -0.3 is 4.90 Å². The van der Waals surface area contributed by atoms with Gasteiger partial charge in [0.05, 0.1) is 11.4 Å². The Bertz CT molecular complexity index is 971. The van der Waals surface area contributed by atoms with E-state index in [-0.39, 0.29) is 5.91 Å². The van der Waals surface area contributed by atoms with Gasteiger partial charge in [0.25, 0.3) is 5.91 Å². The molecule has 0 aliphatic heterocycles. The first-order valence-corrected chi connectivity index (χ1v) is 8.07. The first-order chi connectivity index (χ1) is 11.2. The van der Waals surface area contributed by atoms with Crippen molar-refractivity contribution in [1.82, 2.24) is 19.5 Å². The number of hydrogen-bond acceptors (Lipinski definition) is 4. The zero-order valence-electron chi connectivity index (χ0n) is 12.5. The fourth-order valence-electron chi connectivity index (χ4n) is 2.56. The van der Waals surface area contributed by atoms with Crippen molar-refractivity contribution in [2.75, 3.05) is 7.05 Å². The highest BCUT2D eigenvalue weighted by Crippen LogP contribution is 2.26. The van der Waals surface area contributed by atoms with Crippen LogP contribution in [-0.4, -0.2) is 32.5 Å². The van der Waals surface area contributed by atoms with Crippen LogP contribution in [0.4, 0.5) is 0 Å². The van der Waals surface area contributed by atoms with Crippen LogP contribution in [0, 0.1) is 0 Å². The lowest BCUT2D eigenvalue weighted by molar-refractivity contribution is 0.0786. The first kappa shape index (κ1) is 13.9. The molecule has 3 aromatic heterocycles. The molecule has 0 bridgehead atoms. The van der Waals surface area contributed by atoms with E-state index in [0.717, 1.165) is 26.4 Å². The molecule has 0 atom stereocenters. The van der Waals surface area contributed by atoms with E-state index >= 15 is 0 Å². The molecule has 0 unspecified atom stereocenters. The van der Waals surface area contributed by atoms with Gasteiger partial charge in [-0.1, -0.05) is 24.3 Å². The standard InChI is InChI=1S/C17H14N4OS/c1-20(11-16-19-18-15-8-4-5-9-21(15)16)17(22)14-10-12-6-2-3-7-13(12)23-14/h2-10H,11H2,1H3. The molecule has 114 valence electrons. The Kier molecular flexibility index (Phi) is 3.31. The molecule has 0 saturated heterocycles. The molecule has 0 spiro atoms. The lowest BCUT2D eigenvalue weighted by Gasteiger charge is -2.14. The number of carbonyl (C=O) groups excluding carboxylic acids is 1. The third-order valence-electron chi connectivity index (χ3n) is 3.75. The minimum absolute atomic E-state index is 0.00104. The van der Waals surface area contributed by atoms with E-state index in [1.807, 2.05) is 59.1 Å². The first-order valence-electron chi connectivity index (χ1n) is 7.25. The van der Waals surface area contributed by atoms with Crippen LogP contribution < -0.4 is 0 Å². The molecular weight excluding hydrogens is 308 g/mol. The minimum Gasteiger partial charge on any atom is -0.333 e. The summed E-state index contributed by atoms with van der Waals surface area (Å²) in [6.07, 6.45) is 1.91. The van der Waals surface area contributed by atoms with Crippen molar-refractivity contribution >= 4 is 33.0 Å². The third-order valence-corrected chi connectivity index (χ3v) is 4.85. The summed E-state index contributed by atoms with van der Waals surface area (Å²) in [5, 5.41) is 9.39. The number of carbonyl (C=O) groups is 1. The van der Waals surface area contributed by atoms with Crippen molar-refractivity contribution in [3.8, 4) is 0 Å². The zero-order chi connectivity index (χ0) is 15.8. The average Bonchev–Trinajstić information content (AvgIpc) is 3.18. The van der Waals surface area contributed by atoms with E-state index in [1.165, 1.54) is 11.3 Å². The fourth-order valence-corrected chi connectivity index (χ4v) is 3.62. The summed E-state index contributed by atoms with van der Waals surface area (Å²) in [6, 6.07) is 15.7. The maximum absolute atomic E-state index is 12.7. The normalized spacial score (nSPS) is 11.2. The number of pyridine rings is 1. The Morgan fingerprint density at radius 2 is 2.00 bits per heavy atom. The molecule has 0 N–H and O–H groups in total. The molecule has 1 aromatic carbocycles. The van der Waals surface area contributed by atoms with Crippen molar-refractivity contribution in [3.05, 3.63) is 65.4 Å². The monoisotopic (exact) mass is 322 g/mol. The van der Waals surface area contributed by atoms with E-state index in [1.54, 1.807) is 11.9 Å². The molecule has 0 radical (unpaired) electrons. The Morgan fingerprint density at radius 1 is 1.17 bits per heavy atom. The summed E-state index contributed by atoms with van der Waals surface area (Å²) >= 11 is 1.52. The summed E-state index contributed by atoms with van der Waals surface area (Å²) in [4.78, 5) is 15.1. The van der Waals surface area contributed by atoms with Crippen LogP contribution in [-0.2, 0) is 6.54 Å². The highest BCUT2D eigenvalue weighted by Gasteiger charge is 2.17. The summed E-state index contributed by atoms with van der Waals surface area (Å²) in [5.41, 5.74) is 0.783. The summed E-state index contributed by atoms with van der Waals surface area (Å²) in [7, 11) is 1.79. The van der Waals surface area contributed by atoms with Gasteiger partial charge in [-0.2, -0.15) is 0 Å². The van der Waals surface area contributed by atoms with Crippen molar-refractivity contribution < 1.29 is 4.79 Å². The highest BCUT2D eigenvalue weighted by atomic mass is 32.1. The highest BCUT2D eigenvalue weighted by molar-refractivity contribution is 7.20. The van der Waals surface area contributed by atoms with Crippen LogP contribution in [0.15, 0.2) is 54.7 Å². The Hall–Kier alpha value is -2.73. The van der Waals surface area contributed by atoms with E-state index in [2.05, 4.69) is 10.2 Å². The second-order valence-corrected chi connectivity index (χ2v) is 6.44. The third kappa shape index (κ3) is 2.47. The second-order valence-electron chi connectivity index (χ2n) is 5.35. The number of nitrogens with zero attached hydrogens (tertiary/aromatic N) is 4. The molecule has 5 nitrogen and oxygen atoms in total. The Labute approximate surface area is 136 Å². The molecule has 1 amide bonds. The van der Waals surface area contributed by atoms with Gasteiger partial charge in [-0.15, -0.1) is 21.5 Å². The largest absolute Gasteiger partial charge is 0.333 e. The molecule has 3 heterocycles. The quantitative estimate of drug-likeness (QED) is 0.582. The fraction of sp³-hybridized carbons (Fsp3) is 0.118. The maximum atomic E-state index is 12.7.